The monoisotopic (exact) mass is 459 g/mol. The number of pyridine rings is 1. The van der Waals surface area contributed by atoms with E-state index in [0.29, 0.717) is 5.56 Å². The summed E-state index contributed by atoms with van der Waals surface area (Å²) >= 11 is 0. The van der Waals surface area contributed by atoms with Crippen molar-refractivity contribution in [3.63, 3.8) is 0 Å². The molecule has 1 nitrogen and oxygen atoms in total. The Morgan fingerprint density at radius 2 is 1.62 bits per heavy atom. The quantitative estimate of drug-likeness (QED) is 0.516. The van der Waals surface area contributed by atoms with Crippen LogP contribution in [0.15, 0.2) is 60.8 Å². The summed E-state index contributed by atoms with van der Waals surface area (Å²) in [5.41, 5.74) is 2.77. The van der Waals surface area contributed by atoms with E-state index in [4.69, 9.17) is 0 Å². The van der Waals surface area contributed by atoms with E-state index in [9.17, 15) is 8.78 Å². The maximum Gasteiger partial charge on any atom is 0.126 e. The van der Waals surface area contributed by atoms with Gasteiger partial charge in [0.15, 0.2) is 0 Å². The van der Waals surface area contributed by atoms with Crippen LogP contribution in [0.2, 0.25) is 0 Å². The van der Waals surface area contributed by atoms with Crippen molar-refractivity contribution in [3.05, 3.63) is 78.5 Å². The second-order valence-corrected chi connectivity index (χ2v) is 4.36. The smallest absolute Gasteiger partial charge is 0.126 e. The van der Waals surface area contributed by atoms with Crippen molar-refractivity contribution < 1.29 is 28.9 Å². The van der Waals surface area contributed by atoms with E-state index in [1.807, 2.05) is 24.3 Å². The van der Waals surface area contributed by atoms with Crippen LogP contribution in [0.5, 0.6) is 0 Å². The van der Waals surface area contributed by atoms with E-state index in [1.165, 1.54) is 12.1 Å². The average Bonchev–Trinajstić information content (AvgIpc) is 2.47. The molecule has 0 saturated heterocycles. The van der Waals surface area contributed by atoms with E-state index in [0.717, 1.165) is 22.9 Å². The number of nitrogens with zero attached hydrogens (tertiary/aromatic N) is 1. The molecule has 0 bridgehead atoms. The average molecular weight is 458 g/mol. The minimum Gasteiger partial charge on any atom is -0.305 e. The van der Waals surface area contributed by atoms with Crippen molar-refractivity contribution in [1.82, 2.24) is 4.98 Å². The molecule has 0 unspecified atom stereocenters. The van der Waals surface area contributed by atoms with Gasteiger partial charge in [0.1, 0.15) is 11.6 Å². The van der Waals surface area contributed by atoms with Gasteiger partial charge in [-0.05, 0) is 29.5 Å². The molecule has 3 aromatic rings. The van der Waals surface area contributed by atoms with E-state index in [2.05, 4.69) is 11.1 Å². The minimum atomic E-state index is -0.591. The van der Waals surface area contributed by atoms with Crippen LogP contribution in [0.3, 0.4) is 0 Å². The molecule has 4 heteroatoms. The van der Waals surface area contributed by atoms with Gasteiger partial charge in [-0.15, -0.1) is 35.4 Å². The molecular formula is C17H10F2IrN-. The first-order valence-corrected chi connectivity index (χ1v) is 6.12. The summed E-state index contributed by atoms with van der Waals surface area (Å²) in [6.45, 7) is 0. The van der Waals surface area contributed by atoms with Crippen molar-refractivity contribution in [2.24, 2.45) is 0 Å². The van der Waals surface area contributed by atoms with Crippen LogP contribution >= 0.6 is 0 Å². The molecule has 1 radical (unpaired) electrons. The molecule has 1 aromatic heterocycles. The standard InChI is InChI=1S/C17H10F2N.Ir/c18-15-9-14(10-16(19)11-15)12-4-3-5-13(8-12)17-6-1-2-7-20-17;/h1-4,6-11H;/q-1;. The number of hydrogen-bond acceptors (Lipinski definition) is 1. The maximum atomic E-state index is 13.3. The van der Waals surface area contributed by atoms with Gasteiger partial charge < -0.3 is 4.98 Å². The fourth-order valence-electron chi connectivity index (χ4n) is 2.04. The Morgan fingerprint density at radius 1 is 0.857 bits per heavy atom. The fraction of sp³-hybridized carbons (Fsp3) is 0. The van der Waals surface area contributed by atoms with Crippen molar-refractivity contribution in [1.29, 1.82) is 0 Å². The van der Waals surface area contributed by atoms with Crippen LogP contribution in [0.1, 0.15) is 0 Å². The minimum absolute atomic E-state index is 0. The third kappa shape index (κ3) is 3.60. The molecule has 0 aliphatic heterocycles. The molecule has 1 heterocycles. The Kier molecular flexibility index (Phi) is 4.94. The van der Waals surface area contributed by atoms with Crippen LogP contribution in [-0.2, 0) is 20.1 Å². The van der Waals surface area contributed by atoms with Crippen molar-refractivity contribution in [3.8, 4) is 22.4 Å². The first-order valence-electron chi connectivity index (χ1n) is 6.12. The number of halogens is 2. The van der Waals surface area contributed by atoms with E-state index in [-0.39, 0.29) is 20.1 Å². The van der Waals surface area contributed by atoms with E-state index >= 15 is 0 Å². The number of rotatable bonds is 2. The zero-order valence-corrected chi connectivity index (χ0v) is 13.2. The van der Waals surface area contributed by atoms with Gasteiger partial charge in [0, 0.05) is 32.4 Å². The van der Waals surface area contributed by atoms with Crippen molar-refractivity contribution in [2.45, 2.75) is 0 Å². The first kappa shape index (κ1) is 15.5. The van der Waals surface area contributed by atoms with Gasteiger partial charge in [-0.3, -0.25) is 0 Å². The Balaban J connectivity index is 0.00000161. The van der Waals surface area contributed by atoms with E-state index < -0.39 is 11.6 Å². The molecule has 0 fully saturated rings. The summed E-state index contributed by atoms with van der Waals surface area (Å²) in [6, 6.07) is 17.4. The van der Waals surface area contributed by atoms with Gasteiger partial charge in [0.05, 0.1) is 0 Å². The second kappa shape index (κ2) is 6.70. The topological polar surface area (TPSA) is 12.9 Å². The molecule has 0 aliphatic carbocycles. The summed E-state index contributed by atoms with van der Waals surface area (Å²) in [5.74, 6) is -1.18. The molecule has 0 N–H and O–H groups in total. The third-order valence-corrected chi connectivity index (χ3v) is 2.94. The number of aromatic nitrogens is 1. The molecule has 2 aromatic carbocycles. The molecule has 0 aliphatic rings. The summed E-state index contributed by atoms with van der Waals surface area (Å²) < 4.78 is 26.6. The van der Waals surface area contributed by atoms with Crippen molar-refractivity contribution in [2.75, 3.05) is 0 Å². The molecule has 21 heavy (non-hydrogen) atoms. The van der Waals surface area contributed by atoms with E-state index in [1.54, 1.807) is 18.3 Å². The van der Waals surface area contributed by atoms with Crippen molar-refractivity contribution >= 4 is 0 Å². The third-order valence-electron chi connectivity index (χ3n) is 2.94. The molecule has 0 spiro atoms. The predicted octanol–water partition coefficient (Wildman–Crippen LogP) is 4.49. The Bertz CT molecular complexity index is 725. The molecule has 107 valence electrons. The summed E-state index contributed by atoms with van der Waals surface area (Å²) in [6.07, 6.45) is 1.69. The zero-order chi connectivity index (χ0) is 13.9. The van der Waals surface area contributed by atoms with Gasteiger partial charge >= 0.3 is 0 Å². The fourth-order valence-corrected chi connectivity index (χ4v) is 2.04. The molecular weight excluding hydrogens is 448 g/mol. The largest absolute Gasteiger partial charge is 0.305 e. The number of benzene rings is 2. The van der Waals surface area contributed by atoms with Gasteiger partial charge in [-0.25, -0.2) is 8.78 Å². The Morgan fingerprint density at radius 3 is 2.29 bits per heavy atom. The van der Waals surface area contributed by atoms with Crippen LogP contribution < -0.4 is 0 Å². The van der Waals surface area contributed by atoms with Crippen LogP contribution in [0, 0.1) is 17.7 Å². The zero-order valence-electron chi connectivity index (χ0n) is 10.8. The van der Waals surface area contributed by atoms with Crippen LogP contribution in [0.25, 0.3) is 22.4 Å². The van der Waals surface area contributed by atoms with Crippen LogP contribution in [0.4, 0.5) is 8.78 Å². The Labute approximate surface area is 135 Å². The SMILES string of the molecule is Fc1cc(F)cc(-c2cc[c-]c(-c3ccccn3)c2)c1.[Ir]. The molecule has 3 rings (SSSR count). The summed E-state index contributed by atoms with van der Waals surface area (Å²) in [4.78, 5) is 4.24. The number of hydrogen-bond donors (Lipinski definition) is 0. The van der Waals surface area contributed by atoms with Gasteiger partial charge in [-0.1, -0.05) is 12.1 Å². The van der Waals surface area contributed by atoms with Gasteiger partial charge in [0.2, 0.25) is 0 Å². The molecule has 0 amide bonds. The Hall–Kier alpha value is -1.90. The molecule has 0 saturated carbocycles. The van der Waals surface area contributed by atoms with Crippen LogP contribution in [-0.4, -0.2) is 4.98 Å². The molecule has 0 atom stereocenters. The maximum absolute atomic E-state index is 13.3. The van der Waals surface area contributed by atoms with Gasteiger partial charge in [0.25, 0.3) is 0 Å². The normalized spacial score (nSPS) is 10.0. The summed E-state index contributed by atoms with van der Waals surface area (Å²) in [7, 11) is 0. The first-order chi connectivity index (χ1) is 9.72. The summed E-state index contributed by atoms with van der Waals surface area (Å²) in [5, 5.41) is 0. The predicted molar refractivity (Wildman–Crippen MR) is 73.9 cm³/mol. The van der Waals surface area contributed by atoms with Gasteiger partial charge in [-0.2, -0.15) is 0 Å². The second-order valence-electron chi connectivity index (χ2n) is 4.36.